The van der Waals surface area contributed by atoms with Crippen LogP contribution < -0.4 is 0 Å². The molecule has 0 aliphatic carbocycles. The Labute approximate surface area is 124 Å². The van der Waals surface area contributed by atoms with Crippen molar-refractivity contribution in [3.63, 3.8) is 0 Å². The van der Waals surface area contributed by atoms with Crippen molar-refractivity contribution in [1.29, 1.82) is 0 Å². The average molecular weight is 284 g/mol. The average Bonchev–Trinajstić information content (AvgIpc) is 2.81. The summed E-state index contributed by atoms with van der Waals surface area (Å²) in [6.07, 6.45) is 7.16. The van der Waals surface area contributed by atoms with Gasteiger partial charge in [0.25, 0.3) is 0 Å². The van der Waals surface area contributed by atoms with Crippen LogP contribution in [0, 0.1) is 25.1 Å². The molecule has 1 aromatic heterocycles. The molecule has 0 radical (unpaired) electrons. The standard InChI is InChI=1S/C17H17FN2O/c1-4-10-20(11-5-2)12-16-13(3)21-17(19-16)14-6-8-15(18)9-7-14/h1,5-9H,2,10-12H2,3H3. The zero-order valence-electron chi connectivity index (χ0n) is 12.0. The van der Waals surface area contributed by atoms with Crippen LogP contribution in [0.4, 0.5) is 4.39 Å². The lowest BCUT2D eigenvalue weighted by Crippen LogP contribution is -2.24. The van der Waals surface area contributed by atoms with Crippen molar-refractivity contribution < 1.29 is 8.81 Å². The lowest BCUT2D eigenvalue weighted by molar-refractivity contribution is 0.326. The Morgan fingerprint density at radius 2 is 2.14 bits per heavy atom. The second-order valence-corrected chi connectivity index (χ2v) is 4.69. The molecule has 1 aromatic carbocycles. The number of rotatable bonds is 6. The number of nitrogens with zero attached hydrogens (tertiary/aromatic N) is 2. The molecular formula is C17H17FN2O. The quantitative estimate of drug-likeness (QED) is 0.601. The molecule has 3 nitrogen and oxygen atoms in total. The van der Waals surface area contributed by atoms with Gasteiger partial charge in [-0.2, -0.15) is 0 Å². The maximum Gasteiger partial charge on any atom is 0.226 e. The van der Waals surface area contributed by atoms with Crippen molar-refractivity contribution in [3.05, 3.63) is 54.2 Å². The van der Waals surface area contributed by atoms with Gasteiger partial charge in [-0.25, -0.2) is 9.37 Å². The Bertz CT molecular complexity index is 652. The number of benzene rings is 1. The van der Waals surface area contributed by atoms with Gasteiger partial charge in [0.15, 0.2) is 0 Å². The molecule has 0 aliphatic rings. The fraction of sp³-hybridized carbons (Fsp3) is 0.235. The summed E-state index contributed by atoms with van der Waals surface area (Å²) in [6.45, 7) is 7.37. The first-order valence-electron chi connectivity index (χ1n) is 6.63. The summed E-state index contributed by atoms with van der Waals surface area (Å²) < 4.78 is 18.6. The van der Waals surface area contributed by atoms with Gasteiger partial charge in [0, 0.05) is 18.7 Å². The molecule has 0 fully saturated rings. The number of halogens is 1. The van der Waals surface area contributed by atoms with E-state index in [2.05, 4.69) is 17.5 Å². The topological polar surface area (TPSA) is 29.3 Å². The monoisotopic (exact) mass is 284 g/mol. The van der Waals surface area contributed by atoms with E-state index in [0.29, 0.717) is 25.5 Å². The molecule has 0 atom stereocenters. The number of terminal acetylenes is 1. The summed E-state index contributed by atoms with van der Waals surface area (Å²) >= 11 is 0. The van der Waals surface area contributed by atoms with E-state index in [1.165, 1.54) is 12.1 Å². The lowest BCUT2D eigenvalue weighted by atomic mass is 10.2. The zero-order chi connectivity index (χ0) is 15.2. The normalized spacial score (nSPS) is 10.6. The lowest BCUT2D eigenvalue weighted by Gasteiger charge is -2.15. The molecule has 21 heavy (non-hydrogen) atoms. The van der Waals surface area contributed by atoms with Gasteiger partial charge in [0.05, 0.1) is 12.2 Å². The zero-order valence-corrected chi connectivity index (χ0v) is 12.0. The maximum atomic E-state index is 12.9. The van der Waals surface area contributed by atoms with E-state index in [-0.39, 0.29) is 5.82 Å². The molecule has 0 unspecified atom stereocenters. The molecule has 0 bridgehead atoms. The van der Waals surface area contributed by atoms with E-state index < -0.39 is 0 Å². The van der Waals surface area contributed by atoms with Crippen molar-refractivity contribution in [1.82, 2.24) is 9.88 Å². The number of oxazole rings is 1. The summed E-state index contributed by atoms with van der Waals surface area (Å²) in [7, 11) is 0. The van der Waals surface area contributed by atoms with E-state index >= 15 is 0 Å². The van der Waals surface area contributed by atoms with Crippen molar-refractivity contribution in [2.75, 3.05) is 13.1 Å². The first kappa shape index (κ1) is 15.0. The third-order valence-electron chi connectivity index (χ3n) is 3.06. The SMILES string of the molecule is C#CCN(CC=C)Cc1nc(-c2ccc(F)cc2)oc1C. The minimum absolute atomic E-state index is 0.284. The Kier molecular flexibility index (Phi) is 4.91. The van der Waals surface area contributed by atoms with Crippen molar-refractivity contribution >= 4 is 0 Å². The Hall–Kier alpha value is -2.38. The van der Waals surface area contributed by atoms with Gasteiger partial charge in [-0.15, -0.1) is 13.0 Å². The van der Waals surface area contributed by atoms with Crippen LogP contribution >= 0.6 is 0 Å². The second-order valence-electron chi connectivity index (χ2n) is 4.69. The van der Waals surface area contributed by atoms with E-state index in [9.17, 15) is 4.39 Å². The number of aryl methyl sites for hydroxylation is 1. The highest BCUT2D eigenvalue weighted by atomic mass is 19.1. The molecular weight excluding hydrogens is 267 g/mol. The van der Waals surface area contributed by atoms with E-state index in [1.807, 2.05) is 11.8 Å². The minimum Gasteiger partial charge on any atom is -0.441 e. The van der Waals surface area contributed by atoms with Crippen LogP contribution in [0.15, 0.2) is 41.3 Å². The number of hydrogen-bond donors (Lipinski definition) is 0. The summed E-state index contributed by atoms with van der Waals surface area (Å²) in [5.41, 5.74) is 1.57. The van der Waals surface area contributed by atoms with Crippen molar-refractivity contribution in [3.8, 4) is 23.8 Å². The maximum absolute atomic E-state index is 12.9. The second kappa shape index (κ2) is 6.87. The molecule has 0 N–H and O–H groups in total. The van der Waals surface area contributed by atoms with Crippen molar-refractivity contribution in [2.24, 2.45) is 0 Å². The Morgan fingerprint density at radius 3 is 2.76 bits per heavy atom. The Balaban J connectivity index is 2.20. The van der Waals surface area contributed by atoms with Gasteiger partial charge in [-0.3, -0.25) is 4.90 Å². The van der Waals surface area contributed by atoms with E-state index in [4.69, 9.17) is 10.8 Å². The van der Waals surface area contributed by atoms with Crippen LogP contribution in [0.25, 0.3) is 11.5 Å². The fourth-order valence-electron chi connectivity index (χ4n) is 2.00. The van der Waals surface area contributed by atoms with Crippen LogP contribution in [0.1, 0.15) is 11.5 Å². The van der Waals surface area contributed by atoms with Crippen LogP contribution in [0.5, 0.6) is 0 Å². The first-order chi connectivity index (χ1) is 10.1. The van der Waals surface area contributed by atoms with Gasteiger partial charge in [-0.1, -0.05) is 12.0 Å². The summed E-state index contributed by atoms with van der Waals surface area (Å²) in [5.74, 6) is 3.56. The fourth-order valence-corrected chi connectivity index (χ4v) is 2.00. The third kappa shape index (κ3) is 3.80. The Morgan fingerprint density at radius 1 is 1.43 bits per heavy atom. The van der Waals surface area contributed by atoms with E-state index in [1.54, 1.807) is 18.2 Å². The first-order valence-corrected chi connectivity index (χ1v) is 6.63. The van der Waals surface area contributed by atoms with Crippen LogP contribution in [-0.4, -0.2) is 23.0 Å². The molecule has 2 rings (SSSR count). The molecule has 108 valence electrons. The van der Waals surface area contributed by atoms with Crippen molar-refractivity contribution in [2.45, 2.75) is 13.5 Å². The third-order valence-corrected chi connectivity index (χ3v) is 3.06. The minimum atomic E-state index is -0.284. The van der Waals surface area contributed by atoms with Gasteiger partial charge in [-0.05, 0) is 31.2 Å². The summed E-state index contributed by atoms with van der Waals surface area (Å²) in [5, 5.41) is 0. The molecule has 4 heteroatoms. The predicted molar refractivity (Wildman–Crippen MR) is 80.9 cm³/mol. The van der Waals surface area contributed by atoms with Crippen LogP contribution in [0.2, 0.25) is 0 Å². The highest BCUT2D eigenvalue weighted by molar-refractivity contribution is 5.53. The van der Waals surface area contributed by atoms with Gasteiger partial charge >= 0.3 is 0 Å². The van der Waals surface area contributed by atoms with Crippen LogP contribution in [-0.2, 0) is 6.54 Å². The molecule has 0 aliphatic heterocycles. The number of aromatic nitrogens is 1. The summed E-state index contributed by atoms with van der Waals surface area (Å²) in [4.78, 5) is 6.51. The van der Waals surface area contributed by atoms with Gasteiger partial charge in [0.2, 0.25) is 5.89 Å². The van der Waals surface area contributed by atoms with E-state index in [0.717, 1.165) is 17.0 Å². The number of hydrogen-bond acceptors (Lipinski definition) is 3. The highest BCUT2D eigenvalue weighted by Gasteiger charge is 2.14. The molecule has 0 saturated carbocycles. The molecule has 0 spiro atoms. The molecule has 0 saturated heterocycles. The largest absolute Gasteiger partial charge is 0.441 e. The van der Waals surface area contributed by atoms with Gasteiger partial charge in [0.1, 0.15) is 11.6 Å². The predicted octanol–water partition coefficient (Wildman–Crippen LogP) is 3.41. The summed E-state index contributed by atoms with van der Waals surface area (Å²) in [6, 6.07) is 6.06. The highest BCUT2D eigenvalue weighted by Crippen LogP contribution is 2.22. The van der Waals surface area contributed by atoms with Crippen LogP contribution in [0.3, 0.4) is 0 Å². The van der Waals surface area contributed by atoms with Gasteiger partial charge < -0.3 is 4.42 Å². The molecule has 0 amide bonds. The molecule has 1 heterocycles. The smallest absolute Gasteiger partial charge is 0.226 e. The molecule has 2 aromatic rings.